The van der Waals surface area contributed by atoms with Gasteiger partial charge in [0, 0.05) is 25.2 Å². The molecule has 1 rings (SSSR count). The Bertz CT molecular complexity index is 184. The first-order valence-electron chi connectivity index (χ1n) is 6.94. The number of hydrogen-bond donors (Lipinski definition) is 2. The smallest absolute Gasteiger partial charge is 0.0620 e. The molecule has 2 atom stereocenters. The van der Waals surface area contributed by atoms with Crippen molar-refractivity contribution in [2.75, 3.05) is 39.5 Å². The molecule has 0 aromatic carbocycles. The minimum absolute atomic E-state index is 0.253. The summed E-state index contributed by atoms with van der Waals surface area (Å²) in [7, 11) is 0. The lowest BCUT2D eigenvalue weighted by molar-refractivity contribution is 0.0592. The van der Waals surface area contributed by atoms with Crippen LogP contribution in [0.2, 0.25) is 0 Å². The van der Waals surface area contributed by atoms with Crippen LogP contribution in [0, 0.1) is 0 Å². The Kier molecular flexibility index (Phi) is 7.77. The average molecular weight is 244 g/mol. The molecule has 4 heteroatoms. The first-order chi connectivity index (χ1) is 8.27. The molecule has 0 aromatic heterocycles. The van der Waals surface area contributed by atoms with Gasteiger partial charge in [-0.25, -0.2) is 0 Å². The molecule has 2 N–H and O–H groups in total. The fourth-order valence-corrected chi connectivity index (χ4v) is 2.37. The number of nitrogens with zero attached hydrogens (tertiary/aromatic N) is 1. The Morgan fingerprint density at radius 1 is 1.47 bits per heavy atom. The summed E-state index contributed by atoms with van der Waals surface area (Å²) in [5, 5.41) is 12.6. The summed E-state index contributed by atoms with van der Waals surface area (Å²) < 4.78 is 5.47. The van der Waals surface area contributed by atoms with Crippen LogP contribution in [0.3, 0.4) is 0 Å². The van der Waals surface area contributed by atoms with Crippen LogP contribution >= 0.6 is 0 Å². The summed E-state index contributed by atoms with van der Waals surface area (Å²) in [5.41, 5.74) is 0. The zero-order valence-corrected chi connectivity index (χ0v) is 11.3. The molecule has 1 heterocycles. The zero-order valence-electron chi connectivity index (χ0n) is 11.3. The van der Waals surface area contributed by atoms with Gasteiger partial charge in [0.15, 0.2) is 0 Å². The van der Waals surface area contributed by atoms with E-state index in [4.69, 9.17) is 9.84 Å². The Hall–Kier alpha value is -0.160. The molecule has 0 bridgehead atoms. The highest BCUT2D eigenvalue weighted by Crippen LogP contribution is 2.10. The normalized spacial score (nSPS) is 22.9. The highest BCUT2D eigenvalue weighted by atomic mass is 16.5. The SMILES string of the molecule is CCCCN(CCO)C(C)CC1COCCN1. The van der Waals surface area contributed by atoms with Crippen molar-refractivity contribution in [3.05, 3.63) is 0 Å². The molecule has 0 saturated carbocycles. The molecule has 1 aliphatic rings. The second-order valence-electron chi connectivity index (χ2n) is 4.92. The molecule has 0 aromatic rings. The Balaban J connectivity index is 2.31. The quantitative estimate of drug-likeness (QED) is 0.664. The summed E-state index contributed by atoms with van der Waals surface area (Å²) in [5.74, 6) is 0. The molecule has 1 saturated heterocycles. The summed E-state index contributed by atoms with van der Waals surface area (Å²) in [4.78, 5) is 2.39. The minimum Gasteiger partial charge on any atom is -0.395 e. The van der Waals surface area contributed by atoms with Gasteiger partial charge in [0.2, 0.25) is 0 Å². The standard InChI is InChI=1S/C13H28N2O2/c1-3-4-6-15(7-8-16)12(2)10-13-11-17-9-5-14-13/h12-14,16H,3-11H2,1-2H3. The summed E-state index contributed by atoms with van der Waals surface area (Å²) in [6.45, 7) is 9.21. The van der Waals surface area contributed by atoms with Gasteiger partial charge in [-0.15, -0.1) is 0 Å². The van der Waals surface area contributed by atoms with Crippen LogP contribution in [-0.4, -0.2) is 61.5 Å². The number of aliphatic hydroxyl groups is 1. The lowest BCUT2D eigenvalue weighted by Gasteiger charge is -2.33. The number of ether oxygens (including phenoxy) is 1. The van der Waals surface area contributed by atoms with Crippen LogP contribution in [0.1, 0.15) is 33.1 Å². The highest BCUT2D eigenvalue weighted by molar-refractivity contribution is 4.77. The summed E-state index contributed by atoms with van der Waals surface area (Å²) in [6.07, 6.45) is 3.52. The van der Waals surface area contributed by atoms with Gasteiger partial charge in [-0.3, -0.25) is 4.90 Å². The number of morpholine rings is 1. The zero-order chi connectivity index (χ0) is 12.5. The predicted molar refractivity (Wildman–Crippen MR) is 70.3 cm³/mol. The van der Waals surface area contributed by atoms with Crippen molar-refractivity contribution in [1.82, 2.24) is 10.2 Å². The van der Waals surface area contributed by atoms with Crippen LogP contribution in [0.15, 0.2) is 0 Å². The van der Waals surface area contributed by atoms with Crippen molar-refractivity contribution in [1.29, 1.82) is 0 Å². The van der Waals surface area contributed by atoms with Crippen molar-refractivity contribution >= 4 is 0 Å². The predicted octanol–water partition coefficient (Wildman–Crippen LogP) is 0.848. The van der Waals surface area contributed by atoms with Gasteiger partial charge < -0.3 is 15.2 Å². The van der Waals surface area contributed by atoms with Gasteiger partial charge >= 0.3 is 0 Å². The average Bonchev–Trinajstić information content (AvgIpc) is 2.35. The number of unbranched alkanes of at least 4 members (excludes halogenated alkanes) is 1. The first kappa shape index (κ1) is 14.9. The topological polar surface area (TPSA) is 44.7 Å². The van der Waals surface area contributed by atoms with Gasteiger partial charge in [0.1, 0.15) is 0 Å². The van der Waals surface area contributed by atoms with E-state index in [1.54, 1.807) is 0 Å². The number of hydrogen-bond acceptors (Lipinski definition) is 4. The van der Waals surface area contributed by atoms with Crippen molar-refractivity contribution in [2.45, 2.75) is 45.2 Å². The van der Waals surface area contributed by atoms with E-state index in [1.165, 1.54) is 12.8 Å². The van der Waals surface area contributed by atoms with E-state index in [0.29, 0.717) is 12.1 Å². The molecule has 0 spiro atoms. The van der Waals surface area contributed by atoms with Gasteiger partial charge in [-0.2, -0.15) is 0 Å². The monoisotopic (exact) mass is 244 g/mol. The van der Waals surface area contributed by atoms with E-state index < -0.39 is 0 Å². The largest absolute Gasteiger partial charge is 0.395 e. The van der Waals surface area contributed by atoms with E-state index in [9.17, 15) is 0 Å². The van der Waals surface area contributed by atoms with Crippen molar-refractivity contribution < 1.29 is 9.84 Å². The molecule has 2 unspecified atom stereocenters. The molecule has 1 aliphatic heterocycles. The van der Waals surface area contributed by atoms with Gasteiger partial charge in [0.05, 0.1) is 19.8 Å². The van der Waals surface area contributed by atoms with Crippen LogP contribution in [-0.2, 0) is 4.74 Å². The van der Waals surface area contributed by atoms with E-state index in [-0.39, 0.29) is 6.61 Å². The molecule has 17 heavy (non-hydrogen) atoms. The summed E-state index contributed by atoms with van der Waals surface area (Å²) >= 11 is 0. The van der Waals surface area contributed by atoms with E-state index in [1.807, 2.05) is 0 Å². The van der Waals surface area contributed by atoms with E-state index in [2.05, 4.69) is 24.1 Å². The maximum absolute atomic E-state index is 9.11. The van der Waals surface area contributed by atoms with Crippen molar-refractivity contribution in [3.63, 3.8) is 0 Å². The molecular formula is C13H28N2O2. The number of nitrogens with one attached hydrogen (secondary N) is 1. The lowest BCUT2D eigenvalue weighted by atomic mass is 10.1. The Morgan fingerprint density at radius 2 is 2.29 bits per heavy atom. The van der Waals surface area contributed by atoms with Gasteiger partial charge in [-0.05, 0) is 26.3 Å². The first-order valence-corrected chi connectivity index (χ1v) is 6.94. The fraction of sp³-hybridized carbons (Fsp3) is 1.00. The van der Waals surface area contributed by atoms with Crippen molar-refractivity contribution in [2.24, 2.45) is 0 Å². The number of aliphatic hydroxyl groups excluding tert-OH is 1. The third-order valence-corrected chi connectivity index (χ3v) is 3.43. The summed E-state index contributed by atoms with van der Waals surface area (Å²) in [6, 6.07) is 0.981. The minimum atomic E-state index is 0.253. The maximum atomic E-state index is 9.11. The van der Waals surface area contributed by atoms with Gasteiger partial charge in [0.25, 0.3) is 0 Å². The van der Waals surface area contributed by atoms with Gasteiger partial charge in [-0.1, -0.05) is 13.3 Å². The fourth-order valence-electron chi connectivity index (χ4n) is 2.37. The Labute approximate surface area is 105 Å². The van der Waals surface area contributed by atoms with Crippen molar-refractivity contribution in [3.8, 4) is 0 Å². The number of rotatable bonds is 8. The van der Waals surface area contributed by atoms with Crippen LogP contribution in [0.25, 0.3) is 0 Å². The van der Waals surface area contributed by atoms with E-state index >= 15 is 0 Å². The molecule has 0 aliphatic carbocycles. The Morgan fingerprint density at radius 3 is 2.88 bits per heavy atom. The molecule has 4 nitrogen and oxygen atoms in total. The highest BCUT2D eigenvalue weighted by Gasteiger charge is 2.20. The van der Waals surface area contributed by atoms with Crippen LogP contribution in [0.5, 0.6) is 0 Å². The molecule has 0 radical (unpaired) electrons. The maximum Gasteiger partial charge on any atom is 0.0620 e. The van der Waals surface area contributed by atoms with E-state index in [0.717, 1.165) is 39.3 Å². The molecular weight excluding hydrogens is 216 g/mol. The third-order valence-electron chi connectivity index (χ3n) is 3.43. The second kappa shape index (κ2) is 8.86. The lowest BCUT2D eigenvalue weighted by Crippen LogP contribution is -2.46. The molecule has 102 valence electrons. The molecule has 1 fully saturated rings. The van der Waals surface area contributed by atoms with Crippen LogP contribution < -0.4 is 5.32 Å². The van der Waals surface area contributed by atoms with Crippen LogP contribution in [0.4, 0.5) is 0 Å². The third kappa shape index (κ3) is 5.82. The second-order valence-corrected chi connectivity index (χ2v) is 4.92. The molecule has 0 amide bonds.